The molecule has 20 heavy (non-hydrogen) atoms. The van der Waals surface area contributed by atoms with E-state index in [0.29, 0.717) is 12.6 Å². The van der Waals surface area contributed by atoms with Crippen molar-refractivity contribution in [1.29, 1.82) is 0 Å². The maximum Gasteiger partial charge on any atom is 0.140 e. The van der Waals surface area contributed by atoms with Crippen LogP contribution >= 0.6 is 27.3 Å². The fraction of sp³-hybridized carbons (Fsp3) is 0.400. The average Bonchev–Trinajstić information content (AvgIpc) is 2.88. The molecule has 2 rings (SSSR count). The number of aromatic nitrogens is 1. The largest absolute Gasteiger partial charge is 0.486 e. The Kier molecular flexibility index (Phi) is 5.57. The van der Waals surface area contributed by atoms with Crippen molar-refractivity contribution in [2.75, 3.05) is 0 Å². The number of ether oxygens (including phenoxy) is 1. The molecule has 0 saturated carbocycles. The van der Waals surface area contributed by atoms with E-state index in [1.807, 2.05) is 5.38 Å². The molecule has 5 heteroatoms. The Hall–Kier alpha value is -0.910. The summed E-state index contributed by atoms with van der Waals surface area (Å²) in [4.78, 5) is 4.25. The van der Waals surface area contributed by atoms with Crippen LogP contribution in [0.3, 0.4) is 0 Å². The SMILES string of the molecule is Cc1cc(Br)cc(CNC(C)C)c1OCc1nccs1. The van der Waals surface area contributed by atoms with Crippen molar-refractivity contribution in [2.45, 2.75) is 40.0 Å². The van der Waals surface area contributed by atoms with Crippen molar-refractivity contribution < 1.29 is 4.74 Å². The Balaban J connectivity index is 2.16. The smallest absolute Gasteiger partial charge is 0.140 e. The van der Waals surface area contributed by atoms with Crippen LogP contribution in [0.15, 0.2) is 28.2 Å². The van der Waals surface area contributed by atoms with Gasteiger partial charge in [0.15, 0.2) is 0 Å². The highest BCUT2D eigenvalue weighted by Gasteiger charge is 2.10. The summed E-state index contributed by atoms with van der Waals surface area (Å²) < 4.78 is 7.07. The van der Waals surface area contributed by atoms with Crippen molar-refractivity contribution in [3.63, 3.8) is 0 Å². The first kappa shape index (κ1) is 15.5. The summed E-state index contributed by atoms with van der Waals surface area (Å²) in [6, 6.07) is 4.64. The molecule has 0 amide bonds. The molecule has 1 heterocycles. The lowest BCUT2D eigenvalue weighted by Gasteiger charge is -2.16. The van der Waals surface area contributed by atoms with Gasteiger partial charge in [-0.05, 0) is 24.6 Å². The lowest BCUT2D eigenvalue weighted by Crippen LogP contribution is -2.22. The number of thiazole rings is 1. The fourth-order valence-electron chi connectivity index (χ4n) is 1.91. The molecule has 1 aromatic carbocycles. The van der Waals surface area contributed by atoms with Gasteiger partial charge in [-0.1, -0.05) is 29.8 Å². The molecule has 1 aromatic heterocycles. The topological polar surface area (TPSA) is 34.1 Å². The van der Waals surface area contributed by atoms with Gasteiger partial charge in [-0.3, -0.25) is 0 Å². The van der Waals surface area contributed by atoms with Crippen LogP contribution < -0.4 is 10.1 Å². The van der Waals surface area contributed by atoms with E-state index < -0.39 is 0 Å². The Morgan fingerprint density at radius 3 is 2.85 bits per heavy atom. The van der Waals surface area contributed by atoms with Crippen LogP contribution in [0.5, 0.6) is 5.75 Å². The molecule has 2 aromatic rings. The van der Waals surface area contributed by atoms with E-state index in [0.717, 1.165) is 27.3 Å². The molecule has 0 radical (unpaired) electrons. The van der Waals surface area contributed by atoms with Gasteiger partial charge in [-0.15, -0.1) is 11.3 Å². The van der Waals surface area contributed by atoms with Gasteiger partial charge in [-0.2, -0.15) is 0 Å². The number of benzene rings is 1. The molecule has 0 atom stereocenters. The van der Waals surface area contributed by atoms with Gasteiger partial charge < -0.3 is 10.1 Å². The van der Waals surface area contributed by atoms with Gasteiger partial charge in [-0.25, -0.2) is 4.98 Å². The van der Waals surface area contributed by atoms with Crippen LogP contribution in [-0.2, 0) is 13.2 Å². The zero-order valence-electron chi connectivity index (χ0n) is 11.9. The third-order valence-electron chi connectivity index (χ3n) is 2.84. The molecule has 0 spiro atoms. The monoisotopic (exact) mass is 354 g/mol. The number of nitrogens with zero attached hydrogens (tertiary/aromatic N) is 1. The van der Waals surface area contributed by atoms with Gasteiger partial charge in [0.25, 0.3) is 0 Å². The van der Waals surface area contributed by atoms with E-state index in [1.54, 1.807) is 17.5 Å². The molecule has 108 valence electrons. The Bertz CT molecular complexity index is 555. The average molecular weight is 355 g/mol. The summed E-state index contributed by atoms with van der Waals surface area (Å²) in [5.41, 5.74) is 2.30. The summed E-state index contributed by atoms with van der Waals surface area (Å²) in [6.45, 7) is 7.67. The zero-order chi connectivity index (χ0) is 14.5. The number of aryl methyl sites for hydroxylation is 1. The predicted molar refractivity (Wildman–Crippen MR) is 87.3 cm³/mol. The van der Waals surface area contributed by atoms with Gasteiger partial charge in [0.2, 0.25) is 0 Å². The molecular formula is C15H19BrN2OS. The van der Waals surface area contributed by atoms with E-state index in [9.17, 15) is 0 Å². The molecule has 0 saturated heterocycles. The second-order valence-electron chi connectivity index (χ2n) is 4.96. The second-order valence-corrected chi connectivity index (χ2v) is 6.86. The lowest BCUT2D eigenvalue weighted by atomic mass is 10.1. The van der Waals surface area contributed by atoms with Crippen molar-refractivity contribution in [2.24, 2.45) is 0 Å². The summed E-state index contributed by atoms with van der Waals surface area (Å²) in [6.07, 6.45) is 1.80. The van der Waals surface area contributed by atoms with Crippen molar-refractivity contribution in [3.05, 3.63) is 44.3 Å². The van der Waals surface area contributed by atoms with Crippen LogP contribution in [0.1, 0.15) is 30.0 Å². The Morgan fingerprint density at radius 1 is 1.40 bits per heavy atom. The van der Waals surface area contributed by atoms with Crippen LogP contribution in [-0.4, -0.2) is 11.0 Å². The lowest BCUT2D eigenvalue weighted by molar-refractivity contribution is 0.299. The normalized spacial score (nSPS) is 11.1. The van der Waals surface area contributed by atoms with Crippen molar-refractivity contribution >= 4 is 27.3 Å². The molecule has 0 unspecified atom stereocenters. The third-order valence-corrected chi connectivity index (χ3v) is 4.05. The highest BCUT2D eigenvalue weighted by Crippen LogP contribution is 2.29. The summed E-state index contributed by atoms with van der Waals surface area (Å²) in [5, 5.41) is 6.40. The first-order chi connectivity index (χ1) is 9.56. The molecule has 0 aliphatic carbocycles. The summed E-state index contributed by atoms with van der Waals surface area (Å²) in [7, 11) is 0. The maximum absolute atomic E-state index is 5.99. The van der Waals surface area contributed by atoms with Crippen LogP contribution in [0, 0.1) is 6.92 Å². The van der Waals surface area contributed by atoms with Gasteiger partial charge in [0.05, 0.1) is 0 Å². The van der Waals surface area contributed by atoms with Crippen molar-refractivity contribution in [1.82, 2.24) is 10.3 Å². The molecule has 0 aliphatic heterocycles. The zero-order valence-corrected chi connectivity index (χ0v) is 14.3. The highest BCUT2D eigenvalue weighted by molar-refractivity contribution is 9.10. The van der Waals surface area contributed by atoms with E-state index in [1.165, 1.54) is 5.56 Å². The number of halogens is 1. The maximum atomic E-state index is 5.99. The Morgan fingerprint density at radius 2 is 2.20 bits per heavy atom. The number of hydrogen-bond donors (Lipinski definition) is 1. The summed E-state index contributed by atoms with van der Waals surface area (Å²) in [5.74, 6) is 0.955. The van der Waals surface area contributed by atoms with Crippen LogP contribution in [0.25, 0.3) is 0 Å². The number of hydrogen-bond acceptors (Lipinski definition) is 4. The van der Waals surface area contributed by atoms with Crippen LogP contribution in [0.4, 0.5) is 0 Å². The minimum atomic E-state index is 0.445. The van der Waals surface area contributed by atoms with E-state index >= 15 is 0 Å². The Labute approximate surface area is 132 Å². The highest BCUT2D eigenvalue weighted by atomic mass is 79.9. The predicted octanol–water partition coefficient (Wildman–Crippen LogP) is 4.29. The second kappa shape index (κ2) is 7.20. The standard InChI is InChI=1S/C15H19BrN2OS/c1-10(2)18-8-12-7-13(16)6-11(3)15(12)19-9-14-17-4-5-20-14/h4-7,10,18H,8-9H2,1-3H3. The molecule has 1 N–H and O–H groups in total. The van der Waals surface area contributed by atoms with Gasteiger partial charge in [0, 0.05) is 34.2 Å². The molecule has 3 nitrogen and oxygen atoms in total. The number of nitrogens with one attached hydrogen (secondary N) is 1. The first-order valence-electron chi connectivity index (χ1n) is 6.60. The molecule has 0 fully saturated rings. The molecule has 0 bridgehead atoms. The van der Waals surface area contributed by atoms with Crippen molar-refractivity contribution in [3.8, 4) is 5.75 Å². The third kappa shape index (κ3) is 4.30. The first-order valence-corrected chi connectivity index (χ1v) is 8.27. The fourth-order valence-corrected chi connectivity index (χ4v) is 3.06. The molecular weight excluding hydrogens is 336 g/mol. The van der Waals surface area contributed by atoms with E-state index in [4.69, 9.17) is 4.74 Å². The number of rotatable bonds is 6. The van der Waals surface area contributed by atoms with Gasteiger partial charge >= 0.3 is 0 Å². The minimum absolute atomic E-state index is 0.445. The van der Waals surface area contributed by atoms with E-state index in [2.05, 4.69) is 59.1 Å². The molecule has 0 aliphatic rings. The van der Waals surface area contributed by atoms with E-state index in [-0.39, 0.29) is 0 Å². The van der Waals surface area contributed by atoms with Crippen LogP contribution in [0.2, 0.25) is 0 Å². The quantitative estimate of drug-likeness (QED) is 0.839. The summed E-state index contributed by atoms with van der Waals surface area (Å²) >= 11 is 5.16. The minimum Gasteiger partial charge on any atom is -0.486 e. The van der Waals surface area contributed by atoms with Gasteiger partial charge in [0.1, 0.15) is 17.4 Å².